The van der Waals surface area contributed by atoms with Crippen molar-refractivity contribution in [2.24, 2.45) is 0 Å². The highest BCUT2D eigenvalue weighted by atomic mass is 16.6. The van der Waals surface area contributed by atoms with Crippen LogP contribution in [0.4, 0.5) is 0 Å². The SMILES string of the molecule is CC/C=C\C/C=C\C/C=C\C/C=C\C/C=C\C/C=C\C/C=C\CCCC(=O)OC(COC(=O)CCCCCCCCCCCCCCC)COC(=O)CCCCCCCCCCCCCCCCCCCCCCCCCCC. The Labute approximate surface area is 490 Å². The van der Waals surface area contributed by atoms with E-state index in [1.165, 1.54) is 205 Å². The lowest BCUT2D eigenvalue weighted by atomic mass is 10.0. The third-order valence-corrected chi connectivity index (χ3v) is 14.9. The van der Waals surface area contributed by atoms with Gasteiger partial charge in [0.2, 0.25) is 0 Å². The summed E-state index contributed by atoms with van der Waals surface area (Å²) in [5, 5.41) is 0. The second-order valence-electron chi connectivity index (χ2n) is 22.7. The van der Waals surface area contributed by atoms with Gasteiger partial charge in [0.05, 0.1) is 0 Å². The molecule has 1 atom stereocenters. The predicted octanol–water partition coefficient (Wildman–Crippen LogP) is 23.4. The van der Waals surface area contributed by atoms with E-state index in [2.05, 4.69) is 106 Å². The molecule has 0 rings (SSSR count). The van der Waals surface area contributed by atoms with Crippen LogP contribution in [0.3, 0.4) is 0 Å². The summed E-state index contributed by atoms with van der Waals surface area (Å²) >= 11 is 0. The zero-order chi connectivity index (χ0) is 57.1. The number of ether oxygens (including phenoxy) is 3. The molecular formula is C73H128O6. The lowest BCUT2D eigenvalue weighted by Crippen LogP contribution is -2.30. The monoisotopic (exact) mass is 1100 g/mol. The summed E-state index contributed by atoms with van der Waals surface area (Å²) in [4.78, 5) is 38.3. The maximum Gasteiger partial charge on any atom is 0.306 e. The number of allylic oxidation sites excluding steroid dienone is 14. The molecule has 0 saturated heterocycles. The Hall–Kier alpha value is -3.41. The summed E-state index contributed by atoms with van der Waals surface area (Å²) in [7, 11) is 0. The molecule has 0 radical (unpaired) electrons. The van der Waals surface area contributed by atoms with Crippen LogP contribution in [0.15, 0.2) is 85.1 Å². The summed E-state index contributed by atoms with van der Waals surface area (Å²) < 4.78 is 16.9. The molecule has 0 aromatic carbocycles. The second-order valence-corrected chi connectivity index (χ2v) is 22.7. The van der Waals surface area contributed by atoms with E-state index in [-0.39, 0.29) is 37.5 Å². The third kappa shape index (κ3) is 65.3. The molecule has 0 bridgehead atoms. The summed E-state index contributed by atoms with van der Waals surface area (Å²) in [5.41, 5.74) is 0. The minimum Gasteiger partial charge on any atom is -0.462 e. The van der Waals surface area contributed by atoms with Crippen LogP contribution in [-0.2, 0) is 28.6 Å². The fraction of sp³-hybridized carbons (Fsp3) is 0.767. The molecule has 0 fully saturated rings. The topological polar surface area (TPSA) is 78.9 Å². The Balaban J connectivity index is 4.36. The summed E-state index contributed by atoms with van der Waals surface area (Å²) in [5.74, 6) is -0.937. The zero-order valence-electron chi connectivity index (χ0n) is 52.4. The van der Waals surface area contributed by atoms with Crippen LogP contribution < -0.4 is 0 Å². The first kappa shape index (κ1) is 75.6. The molecule has 0 aliphatic heterocycles. The van der Waals surface area contributed by atoms with Crippen molar-refractivity contribution in [1.29, 1.82) is 0 Å². The van der Waals surface area contributed by atoms with Gasteiger partial charge in [0, 0.05) is 19.3 Å². The number of hydrogen-bond acceptors (Lipinski definition) is 6. The summed E-state index contributed by atoms with van der Waals surface area (Å²) in [6.07, 6.45) is 89.0. The smallest absolute Gasteiger partial charge is 0.306 e. The van der Waals surface area contributed by atoms with Gasteiger partial charge in [0.15, 0.2) is 6.10 Å². The van der Waals surface area contributed by atoms with Crippen LogP contribution in [0.25, 0.3) is 0 Å². The molecule has 456 valence electrons. The fourth-order valence-electron chi connectivity index (χ4n) is 9.85. The van der Waals surface area contributed by atoms with Crippen LogP contribution in [0.5, 0.6) is 0 Å². The van der Waals surface area contributed by atoms with Crippen molar-refractivity contribution in [3.8, 4) is 0 Å². The van der Waals surface area contributed by atoms with Gasteiger partial charge in [-0.2, -0.15) is 0 Å². The molecule has 0 aliphatic rings. The molecule has 79 heavy (non-hydrogen) atoms. The first-order valence-electron chi connectivity index (χ1n) is 34.1. The number of esters is 3. The first-order valence-corrected chi connectivity index (χ1v) is 34.1. The molecule has 0 aliphatic carbocycles. The Bertz CT molecular complexity index is 1500. The van der Waals surface area contributed by atoms with Crippen LogP contribution in [0, 0.1) is 0 Å². The minimum atomic E-state index is -0.806. The fourth-order valence-corrected chi connectivity index (χ4v) is 9.85. The van der Waals surface area contributed by atoms with Crippen molar-refractivity contribution in [1.82, 2.24) is 0 Å². The summed E-state index contributed by atoms with van der Waals surface area (Å²) in [6, 6.07) is 0. The van der Waals surface area contributed by atoms with Crippen LogP contribution >= 0.6 is 0 Å². The molecule has 6 heteroatoms. The molecule has 1 unspecified atom stereocenters. The van der Waals surface area contributed by atoms with Gasteiger partial charge in [-0.3, -0.25) is 14.4 Å². The van der Waals surface area contributed by atoms with Gasteiger partial charge in [0.25, 0.3) is 0 Å². The highest BCUT2D eigenvalue weighted by Gasteiger charge is 2.19. The zero-order valence-corrected chi connectivity index (χ0v) is 52.4. The first-order chi connectivity index (χ1) is 39.0. The van der Waals surface area contributed by atoms with E-state index in [0.717, 1.165) is 89.9 Å². The van der Waals surface area contributed by atoms with E-state index in [9.17, 15) is 14.4 Å². The van der Waals surface area contributed by atoms with Gasteiger partial charge in [-0.15, -0.1) is 0 Å². The van der Waals surface area contributed by atoms with Crippen LogP contribution in [0.1, 0.15) is 342 Å². The number of unbranched alkanes of at least 4 members (excludes halogenated alkanes) is 37. The van der Waals surface area contributed by atoms with Crippen molar-refractivity contribution in [2.45, 2.75) is 348 Å². The maximum atomic E-state index is 12.9. The second kappa shape index (κ2) is 67.1. The van der Waals surface area contributed by atoms with Crippen molar-refractivity contribution in [2.75, 3.05) is 13.2 Å². The third-order valence-electron chi connectivity index (χ3n) is 14.9. The number of carbonyl (C=O) groups is 3. The highest BCUT2D eigenvalue weighted by Crippen LogP contribution is 2.18. The average Bonchev–Trinajstić information content (AvgIpc) is 3.45. The van der Waals surface area contributed by atoms with Gasteiger partial charge in [0.1, 0.15) is 13.2 Å². The largest absolute Gasteiger partial charge is 0.462 e. The lowest BCUT2D eigenvalue weighted by Gasteiger charge is -2.18. The van der Waals surface area contributed by atoms with Gasteiger partial charge in [-0.1, -0.05) is 337 Å². The maximum absolute atomic E-state index is 12.9. The number of rotatable bonds is 62. The van der Waals surface area contributed by atoms with E-state index >= 15 is 0 Å². The highest BCUT2D eigenvalue weighted by molar-refractivity contribution is 5.71. The molecule has 0 spiro atoms. The van der Waals surface area contributed by atoms with Crippen LogP contribution in [0.2, 0.25) is 0 Å². The normalized spacial score (nSPS) is 12.6. The molecule has 0 amide bonds. The molecule has 0 N–H and O–H groups in total. The standard InChI is InChI=1S/C73H128O6/c1-4-7-10-13-16-19-22-25-27-29-31-33-35-36-38-39-41-43-45-48-51-54-57-60-63-66-72(75)78-69-70(68-77-71(74)65-62-59-56-53-50-47-24-21-18-15-12-9-6-3)79-73(76)67-64-61-58-55-52-49-46-44-42-40-37-34-32-30-28-26-23-20-17-14-11-8-5-2/h8,11,17,20,26,28,32,34,40,42,46,49,55,58,70H,4-7,9-10,12-16,18-19,21-25,27,29-31,33,35-39,41,43-45,47-48,50-54,56-57,59-69H2,1-3H3/b11-8-,20-17-,28-26-,34-32-,42-40-,49-46-,58-55-. The molecule has 6 nitrogen and oxygen atoms in total. The van der Waals surface area contributed by atoms with E-state index in [0.29, 0.717) is 19.3 Å². The lowest BCUT2D eigenvalue weighted by molar-refractivity contribution is -0.167. The number of carbonyl (C=O) groups excluding carboxylic acids is 3. The van der Waals surface area contributed by atoms with Gasteiger partial charge in [-0.05, 0) is 70.6 Å². The molecule has 0 aromatic heterocycles. The predicted molar refractivity (Wildman–Crippen MR) is 344 cm³/mol. The molecule has 0 saturated carbocycles. The summed E-state index contributed by atoms with van der Waals surface area (Å²) in [6.45, 7) is 6.53. The van der Waals surface area contributed by atoms with Crippen molar-refractivity contribution in [3.05, 3.63) is 85.1 Å². The average molecular weight is 1100 g/mol. The van der Waals surface area contributed by atoms with Crippen LogP contribution in [-0.4, -0.2) is 37.2 Å². The molecular weight excluding hydrogens is 973 g/mol. The Kier molecular flexibility index (Phi) is 64.2. The Morgan fingerprint density at radius 1 is 0.266 bits per heavy atom. The van der Waals surface area contributed by atoms with Gasteiger partial charge in [-0.25, -0.2) is 0 Å². The molecule has 0 aromatic rings. The van der Waals surface area contributed by atoms with Crippen molar-refractivity contribution >= 4 is 17.9 Å². The van der Waals surface area contributed by atoms with Gasteiger partial charge >= 0.3 is 17.9 Å². The minimum absolute atomic E-state index is 0.0953. The number of hydrogen-bond donors (Lipinski definition) is 0. The van der Waals surface area contributed by atoms with E-state index in [1.54, 1.807) is 0 Å². The van der Waals surface area contributed by atoms with E-state index in [1.807, 2.05) is 0 Å². The Morgan fingerprint density at radius 2 is 0.494 bits per heavy atom. The quantitative estimate of drug-likeness (QED) is 0.0261. The Morgan fingerprint density at radius 3 is 0.759 bits per heavy atom. The van der Waals surface area contributed by atoms with E-state index < -0.39 is 6.10 Å². The van der Waals surface area contributed by atoms with Gasteiger partial charge < -0.3 is 14.2 Å². The molecule has 0 heterocycles. The van der Waals surface area contributed by atoms with Crippen molar-refractivity contribution < 1.29 is 28.6 Å². The van der Waals surface area contributed by atoms with Crippen molar-refractivity contribution in [3.63, 3.8) is 0 Å². The van der Waals surface area contributed by atoms with E-state index in [4.69, 9.17) is 14.2 Å².